The first-order valence-electron chi connectivity index (χ1n) is 7.23. The highest BCUT2D eigenvalue weighted by Crippen LogP contribution is 2.21. The third-order valence-electron chi connectivity index (χ3n) is 3.44. The van der Waals surface area contributed by atoms with Gasteiger partial charge in [0.05, 0.1) is 5.56 Å². The Morgan fingerprint density at radius 2 is 1.90 bits per heavy atom. The van der Waals surface area contributed by atoms with Gasteiger partial charge in [0.1, 0.15) is 0 Å². The first-order valence-corrected chi connectivity index (χ1v) is 7.23. The summed E-state index contributed by atoms with van der Waals surface area (Å²) < 4.78 is 0. The number of hydrogen-bond acceptors (Lipinski definition) is 4. The lowest BCUT2D eigenvalue weighted by molar-refractivity contribution is 0.0950. The van der Waals surface area contributed by atoms with E-state index in [-0.39, 0.29) is 5.91 Å². The van der Waals surface area contributed by atoms with Gasteiger partial charge >= 0.3 is 0 Å². The summed E-state index contributed by atoms with van der Waals surface area (Å²) in [6.45, 7) is 2.81. The van der Waals surface area contributed by atoms with Crippen LogP contribution in [-0.2, 0) is 0 Å². The van der Waals surface area contributed by atoms with Crippen molar-refractivity contribution in [2.24, 2.45) is 0 Å². The molecule has 5 heteroatoms. The highest BCUT2D eigenvalue weighted by atomic mass is 16.1. The Labute approximate surface area is 124 Å². The van der Waals surface area contributed by atoms with Gasteiger partial charge in [-0.2, -0.15) is 0 Å². The molecule has 0 aliphatic heterocycles. The summed E-state index contributed by atoms with van der Waals surface area (Å²) in [5.41, 5.74) is 1.55. The lowest BCUT2D eigenvalue weighted by Crippen LogP contribution is -2.26. The fourth-order valence-electron chi connectivity index (χ4n) is 2.12. The van der Waals surface area contributed by atoms with Gasteiger partial charge in [0.15, 0.2) is 0 Å². The molecule has 0 atom stereocenters. The van der Waals surface area contributed by atoms with Gasteiger partial charge in [-0.3, -0.25) is 4.79 Å². The van der Waals surface area contributed by atoms with Crippen molar-refractivity contribution in [2.75, 3.05) is 11.4 Å². The van der Waals surface area contributed by atoms with Gasteiger partial charge in [0, 0.05) is 30.7 Å². The van der Waals surface area contributed by atoms with Crippen molar-refractivity contribution in [2.45, 2.75) is 25.8 Å². The molecular weight excluding hydrogens is 264 g/mol. The number of amides is 1. The second-order valence-corrected chi connectivity index (χ2v) is 5.10. The Morgan fingerprint density at radius 3 is 2.48 bits per heavy atom. The number of rotatable bonds is 5. The van der Waals surface area contributed by atoms with E-state index in [0.717, 1.165) is 25.1 Å². The zero-order valence-corrected chi connectivity index (χ0v) is 12.0. The Kier molecular flexibility index (Phi) is 3.81. The van der Waals surface area contributed by atoms with E-state index in [4.69, 9.17) is 0 Å². The van der Waals surface area contributed by atoms with E-state index in [1.54, 1.807) is 12.4 Å². The molecule has 0 unspecified atom stereocenters. The average Bonchev–Trinajstić information content (AvgIpc) is 3.34. The van der Waals surface area contributed by atoms with E-state index in [1.165, 1.54) is 0 Å². The van der Waals surface area contributed by atoms with Crippen LogP contribution in [0.2, 0.25) is 0 Å². The first-order chi connectivity index (χ1) is 10.3. The Balaban J connectivity index is 1.77. The molecule has 1 aliphatic rings. The van der Waals surface area contributed by atoms with Crippen molar-refractivity contribution in [3.63, 3.8) is 0 Å². The monoisotopic (exact) mass is 282 g/mol. The average molecular weight is 282 g/mol. The number of hydrogen-bond donors (Lipinski definition) is 1. The van der Waals surface area contributed by atoms with Crippen molar-refractivity contribution in [3.05, 3.63) is 48.3 Å². The molecule has 1 heterocycles. The molecule has 21 heavy (non-hydrogen) atoms. The summed E-state index contributed by atoms with van der Waals surface area (Å²) in [6.07, 6.45) is 5.32. The lowest BCUT2D eigenvalue weighted by Gasteiger charge is -2.20. The van der Waals surface area contributed by atoms with Crippen LogP contribution in [0.3, 0.4) is 0 Å². The molecule has 0 bridgehead atoms. The summed E-state index contributed by atoms with van der Waals surface area (Å²) in [6, 6.07) is 10.3. The normalized spacial score (nSPS) is 13.8. The number of nitrogens with one attached hydrogen (secondary N) is 1. The van der Waals surface area contributed by atoms with Crippen molar-refractivity contribution in [1.29, 1.82) is 0 Å². The molecule has 1 aromatic heterocycles. The van der Waals surface area contributed by atoms with E-state index < -0.39 is 0 Å². The molecule has 0 saturated heterocycles. The van der Waals surface area contributed by atoms with Gasteiger partial charge in [-0.15, -0.1) is 0 Å². The summed E-state index contributed by atoms with van der Waals surface area (Å²) in [7, 11) is 0. The molecule has 0 radical (unpaired) electrons. The Morgan fingerprint density at radius 1 is 1.24 bits per heavy atom. The maximum absolute atomic E-state index is 11.9. The van der Waals surface area contributed by atoms with E-state index in [0.29, 0.717) is 17.6 Å². The van der Waals surface area contributed by atoms with Gasteiger partial charge in [-0.25, -0.2) is 9.97 Å². The van der Waals surface area contributed by atoms with Crippen LogP contribution < -0.4 is 10.2 Å². The quantitative estimate of drug-likeness (QED) is 0.915. The minimum Gasteiger partial charge on any atom is -0.349 e. The molecule has 1 aliphatic carbocycles. The second-order valence-electron chi connectivity index (χ2n) is 5.10. The lowest BCUT2D eigenvalue weighted by atomic mass is 10.3. The van der Waals surface area contributed by atoms with Crippen LogP contribution >= 0.6 is 0 Å². The van der Waals surface area contributed by atoms with Crippen molar-refractivity contribution in [1.82, 2.24) is 15.3 Å². The van der Waals surface area contributed by atoms with Crippen LogP contribution in [0.15, 0.2) is 42.7 Å². The molecule has 1 saturated carbocycles. The first kappa shape index (κ1) is 13.5. The largest absolute Gasteiger partial charge is 0.349 e. The van der Waals surface area contributed by atoms with Gasteiger partial charge in [-0.05, 0) is 31.9 Å². The number of benzene rings is 1. The molecule has 5 nitrogen and oxygen atoms in total. The van der Waals surface area contributed by atoms with Crippen LogP contribution in [0.5, 0.6) is 0 Å². The van der Waals surface area contributed by atoms with Crippen molar-refractivity contribution in [3.8, 4) is 0 Å². The highest BCUT2D eigenvalue weighted by Gasteiger charge is 2.24. The topological polar surface area (TPSA) is 58.1 Å². The number of carbonyl (C=O) groups is 1. The second kappa shape index (κ2) is 5.91. The van der Waals surface area contributed by atoms with Crippen molar-refractivity contribution < 1.29 is 4.79 Å². The summed E-state index contributed by atoms with van der Waals surface area (Å²) in [5, 5.41) is 2.93. The van der Waals surface area contributed by atoms with Crippen LogP contribution in [0.25, 0.3) is 0 Å². The highest BCUT2D eigenvalue weighted by molar-refractivity contribution is 5.94. The number of carbonyl (C=O) groups excluding carboxylic acids is 1. The summed E-state index contributed by atoms with van der Waals surface area (Å²) in [4.78, 5) is 22.6. The minimum absolute atomic E-state index is 0.0909. The predicted molar refractivity (Wildman–Crippen MR) is 81.6 cm³/mol. The van der Waals surface area contributed by atoms with Gasteiger partial charge in [0.25, 0.3) is 5.91 Å². The van der Waals surface area contributed by atoms with Crippen LogP contribution in [0.4, 0.5) is 11.6 Å². The molecule has 0 spiro atoms. The molecule has 1 N–H and O–H groups in total. The van der Waals surface area contributed by atoms with E-state index in [1.807, 2.05) is 42.2 Å². The third kappa shape index (κ3) is 3.18. The maximum Gasteiger partial charge on any atom is 0.254 e. The SMILES string of the molecule is CCN(c1ccccc1)c1ncc(C(=O)NC2CC2)cn1. The van der Waals surface area contributed by atoms with Crippen molar-refractivity contribution >= 4 is 17.5 Å². The number of nitrogens with zero attached hydrogens (tertiary/aromatic N) is 3. The predicted octanol–water partition coefficient (Wildman–Crippen LogP) is 2.53. The number of aromatic nitrogens is 2. The van der Waals surface area contributed by atoms with Crippen LogP contribution in [0.1, 0.15) is 30.1 Å². The molecular formula is C16H18N4O. The van der Waals surface area contributed by atoms with Gasteiger partial charge < -0.3 is 10.2 Å². The Bertz CT molecular complexity index is 608. The minimum atomic E-state index is -0.0909. The fraction of sp³-hybridized carbons (Fsp3) is 0.312. The molecule has 3 rings (SSSR count). The zero-order valence-electron chi connectivity index (χ0n) is 12.0. The van der Waals surface area contributed by atoms with E-state index in [9.17, 15) is 4.79 Å². The standard InChI is InChI=1S/C16H18N4O/c1-2-20(14-6-4-3-5-7-14)16-17-10-12(11-18-16)15(21)19-13-8-9-13/h3-7,10-11,13H,2,8-9H2,1H3,(H,19,21). The zero-order chi connectivity index (χ0) is 14.7. The molecule has 1 fully saturated rings. The molecule has 1 aromatic carbocycles. The number of anilines is 2. The fourth-order valence-corrected chi connectivity index (χ4v) is 2.12. The van der Waals surface area contributed by atoms with Gasteiger partial charge in [0.2, 0.25) is 5.95 Å². The van der Waals surface area contributed by atoms with E-state index >= 15 is 0 Å². The maximum atomic E-state index is 11.9. The molecule has 2 aromatic rings. The molecule has 108 valence electrons. The van der Waals surface area contributed by atoms with Crippen LogP contribution in [-0.4, -0.2) is 28.5 Å². The van der Waals surface area contributed by atoms with E-state index in [2.05, 4.69) is 15.3 Å². The number of para-hydroxylation sites is 1. The summed E-state index contributed by atoms with van der Waals surface area (Å²) >= 11 is 0. The smallest absolute Gasteiger partial charge is 0.254 e. The van der Waals surface area contributed by atoms with Crippen LogP contribution in [0, 0.1) is 0 Å². The third-order valence-corrected chi connectivity index (χ3v) is 3.44. The van der Waals surface area contributed by atoms with Gasteiger partial charge in [-0.1, -0.05) is 18.2 Å². The molecule has 1 amide bonds. The Hall–Kier alpha value is -2.43. The summed E-state index contributed by atoms with van der Waals surface area (Å²) in [5.74, 6) is 0.512.